The van der Waals surface area contributed by atoms with Crippen LogP contribution in [0.5, 0.6) is 0 Å². The molecule has 204 valence electrons. The second-order valence-electron chi connectivity index (χ2n) is 8.52. The van der Waals surface area contributed by atoms with Crippen LogP contribution in [0.15, 0.2) is 74.2 Å². The molecule has 1 saturated heterocycles. The lowest BCUT2D eigenvalue weighted by atomic mass is 10.2. The highest BCUT2D eigenvalue weighted by atomic mass is 35.5. The van der Waals surface area contributed by atoms with Crippen LogP contribution >= 0.6 is 35.0 Å². The SMILES string of the molecule is CCCCc1nc(NS(=O)(=O)c2ccc(Cl)cc2Cl)ccc1Sc1ccc(S(=O)(=O)N2CCOCC2)cc1. The zero-order valence-corrected chi connectivity index (χ0v) is 24.5. The zero-order chi connectivity index (χ0) is 27.3. The molecule has 8 nitrogen and oxygen atoms in total. The van der Waals surface area contributed by atoms with Gasteiger partial charge >= 0.3 is 0 Å². The van der Waals surface area contributed by atoms with E-state index in [0.717, 1.165) is 28.3 Å². The Morgan fingerprint density at radius 2 is 1.71 bits per heavy atom. The summed E-state index contributed by atoms with van der Waals surface area (Å²) in [6.45, 7) is 3.52. The highest BCUT2D eigenvalue weighted by Crippen LogP contribution is 2.33. The number of nitrogens with zero attached hydrogens (tertiary/aromatic N) is 2. The maximum Gasteiger partial charge on any atom is 0.264 e. The van der Waals surface area contributed by atoms with Gasteiger partial charge in [0.15, 0.2) is 0 Å². The minimum absolute atomic E-state index is 0.0162. The summed E-state index contributed by atoms with van der Waals surface area (Å²) >= 11 is 13.4. The van der Waals surface area contributed by atoms with Crippen molar-refractivity contribution in [3.63, 3.8) is 0 Å². The number of unbranched alkanes of at least 4 members (excludes halogenated alkanes) is 1. The van der Waals surface area contributed by atoms with Crippen LogP contribution in [0.2, 0.25) is 10.0 Å². The summed E-state index contributed by atoms with van der Waals surface area (Å²) < 4.78 is 60.8. The number of hydrogen-bond donors (Lipinski definition) is 1. The topological polar surface area (TPSA) is 106 Å². The number of aryl methyl sites for hydroxylation is 1. The van der Waals surface area contributed by atoms with Crippen LogP contribution in [0.1, 0.15) is 25.5 Å². The van der Waals surface area contributed by atoms with E-state index in [-0.39, 0.29) is 20.6 Å². The second-order valence-corrected chi connectivity index (χ2v) is 14.1. The highest BCUT2D eigenvalue weighted by molar-refractivity contribution is 7.99. The van der Waals surface area contributed by atoms with Crippen LogP contribution in [0.25, 0.3) is 0 Å². The number of pyridine rings is 1. The molecular weight excluding hydrogens is 589 g/mol. The number of hydrogen-bond acceptors (Lipinski definition) is 7. The van der Waals surface area contributed by atoms with Crippen molar-refractivity contribution in [1.29, 1.82) is 0 Å². The van der Waals surface area contributed by atoms with Gasteiger partial charge < -0.3 is 4.74 Å². The fourth-order valence-electron chi connectivity index (χ4n) is 3.79. The van der Waals surface area contributed by atoms with Gasteiger partial charge in [-0.15, -0.1) is 0 Å². The van der Waals surface area contributed by atoms with Crippen LogP contribution in [0, 0.1) is 0 Å². The van der Waals surface area contributed by atoms with Gasteiger partial charge in [0.1, 0.15) is 10.7 Å². The first-order valence-corrected chi connectivity index (χ1v) is 16.4. The Hall–Kier alpha value is -1.86. The molecule has 4 rings (SSSR count). The molecule has 38 heavy (non-hydrogen) atoms. The first kappa shape index (κ1) is 29.1. The molecule has 2 aromatic carbocycles. The zero-order valence-electron chi connectivity index (χ0n) is 20.6. The van der Waals surface area contributed by atoms with Crippen molar-refractivity contribution in [3.05, 3.63) is 70.3 Å². The molecule has 0 radical (unpaired) electrons. The quantitative estimate of drug-likeness (QED) is 0.311. The van der Waals surface area contributed by atoms with Crippen molar-refractivity contribution in [3.8, 4) is 0 Å². The molecule has 1 N–H and O–H groups in total. The van der Waals surface area contributed by atoms with Gasteiger partial charge in [-0.3, -0.25) is 4.72 Å². The average molecular weight is 617 g/mol. The average Bonchev–Trinajstić information content (AvgIpc) is 2.89. The molecule has 0 amide bonds. The van der Waals surface area contributed by atoms with Crippen molar-refractivity contribution in [1.82, 2.24) is 9.29 Å². The number of halogens is 2. The number of sulfonamides is 2. The van der Waals surface area contributed by atoms with Gasteiger partial charge in [-0.05, 0) is 67.4 Å². The number of rotatable bonds is 10. The Balaban J connectivity index is 1.54. The van der Waals surface area contributed by atoms with Gasteiger partial charge in [-0.2, -0.15) is 4.31 Å². The van der Waals surface area contributed by atoms with E-state index in [0.29, 0.717) is 37.7 Å². The highest BCUT2D eigenvalue weighted by Gasteiger charge is 2.26. The second kappa shape index (κ2) is 12.5. The monoisotopic (exact) mass is 615 g/mol. The van der Waals surface area contributed by atoms with E-state index in [1.54, 1.807) is 30.3 Å². The molecule has 0 atom stereocenters. The predicted molar refractivity (Wildman–Crippen MR) is 150 cm³/mol. The lowest BCUT2D eigenvalue weighted by molar-refractivity contribution is 0.0730. The molecule has 0 bridgehead atoms. The molecule has 13 heteroatoms. The predicted octanol–water partition coefficient (Wildman–Crippen LogP) is 5.70. The molecule has 1 aromatic heterocycles. The fraction of sp³-hybridized carbons (Fsp3) is 0.320. The fourth-order valence-corrected chi connectivity index (χ4v) is 7.90. The van der Waals surface area contributed by atoms with Gasteiger partial charge in [-0.1, -0.05) is 48.3 Å². The van der Waals surface area contributed by atoms with E-state index in [1.165, 1.54) is 34.3 Å². The Bertz CT molecular complexity index is 1500. The molecule has 1 aliphatic heterocycles. The van der Waals surface area contributed by atoms with E-state index in [1.807, 2.05) is 6.07 Å². The van der Waals surface area contributed by atoms with Crippen LogP contribution in [-0.4, -0.2) is 52.4 Å². The normalized spacial score (nSPS) is 14.9. The first-order chi connectivity index (χ1) is 18.1. The van der Waals surface area contributed by atoms with Gasteiger partial charge in [-0.25, -0.2) is 21.8 Å². The summed E-state index contributed by atoms with van der Waals surface area (Å²) in [6, 6.07) is 14.3. The van der Waals surface area contributed by atoms with Crippen molar-refractivity contribution in [2.45, 2.75) is 45.8 Å². The maximum atomic E-state index is 12.9. The van der Waals surface area contributed by atoms with E-state index in [4.69, 9.17) is 27.9 Å². The van der Waals surface area contributed by atoms with Crippen LogP contribution < -0.4 is 4.72 Å². The summed E-state index contributed by atoms with van der Waals surface area (Å²) in [4.78, 5) is 6.43. The molecule has 0 unspecified atom stereocenters. The summed E-state index contributed by atoms with van der Waals surface area (Å²) in [5.41, 5.74) is 0.740. The summed E-state index contributed by atoms with van der Waals surface area (Å²) in [6.07, 6.45) is 2.46. The molecule has 0 saturated carbocycles. The van der Waals surface area contributed by atoms with Gasteiger partial charge in [0.2, 0.25) is 10.0 Å². The molecule has 1 fully saturated rings. The Kier molecular flexibility index (Phi) is 9.62. The molecule has 0 aliphatic carbocycles. The lowest BCUT2D eigenvalue weighted by Crippen LogP contribution is -2.40. The summed E-state index contributed by atoms with van der Waals surface area (Å²) in [5, 5.41) is 0.351. The molecule has 1 aliphatic rings. The molecule has 2 heterocycles. The Morgan fingerprint density at radius 1 is 1.00 bits per heavy atom. The maximum absolute atomic E-state index is 12.9. The first-order valence-electron chi connectivity index (χ1n) is 11.9. The molecular formula is C25H27Cl2N3O5S3. The number of aromatic nitrogens is 1. The Morgan fingerprint density at radius 3 is 2.37 bits per heavy atom. The van der Waals surface area contributed by atoms with Gasteiger partial charge in [0.25, 0.3) is 10.0 Å². The van der Waals surface area contributed by atoms with Crippen LogP contribution in [0.3, 0.4) is 0 Å². The van der Waals surface area contributed by atoms with Gasteiger partial charge in [0.05, 0.1) is 28.8 Å². The van der Waals surface area contributed by atoms with Crippen molar-refractivity contribution >= 4 is 60.8 Å². The van der Waals surface area contributed by atoms with E-state index in [9.17, 15) is 16.8 Å². The third-order valence-electron chi connectivity index (χ3n) is 5.78. The lowest BCUT2D eigenvalue weighted by Gasteiger charge is -2.26. The largest absolute Gasteiger partial charge is 0.379 e. The van der Waals surface area contributed by atoms with Crippen molar-refractivity contribution < 1.29 is 21.6 Å². The van der Waals surface area contributed by atoms with E-state index in [2.05, 4.69) is 16.6 Å². The van der Waals surface area contributed by atoms with Gasteiger partial charge in [0, 0.05) is 27.9 Å². The van der Waals surface area contributed by atoms with Crippen molar-refractivity contribution in [2.24, 2.45) is 0 Å². The smallest absolute Gasteiger partial charge is 0.264 e. The van der Waals surface area contributed by atoms with Crippen LogP contribution in [0.4, 0.5) is 5.82 Å². The van der Waals surface area contributed by atoms with Crippen LogP contribution in [-0.2, 0) is 31.2 Å². The minimum atomic E-state index is -3.98. The summed E-state index contributed by atoms with van der Waals surface area (Å²) in [5.74, 6) is 0.179. The third-order valence-corrected chi connectivity index (χ3v) is 10.9. The van der Waals surface area contributed by atoms with Crippen molar-refractivity contribution in [2.75, 3.05) is 31.0 Å². The number of morpholine rings is 1. The third kappa shape index (κ3) is 7.01. The molecule has 0 spiro atoms. The number of benzene rings is 2. The number of anilines is 1. The van der Waals surface area contributed by atoms with E-state index < -0.39 is 20.0 Å². The summed E-state index contributed by atoms with van der Waals surface area (Å²) in [7, 11) is -7.55. The van der Waals surface area contributed by atoms with E-state index >= 15 is 0 Å². The number of ether oxygens (including phenoxy) is 1. The molecule has 3 aromatic rings. The number of nitrogens with one attached hydrogen (secondary N) is 1. The Labute approximate surface area is 237 Å². The standard InChI is InChI=1S/C25H27Cl2N3O5S3/c1-2-3-4-22-23(10-12-25(28-22)29-37(31,32)24-11-5-18(26)17-21(24)27)36-19-6-8-20(9-7-19)38(33,34)30-13-15-35-16-14-30/h5-12,17H,2-4,13-16H2,1H3,(H,28,29). The minimum Gasteiger partial charge on any atom is -0.379 e.